The van der Waals surface area contributed by atoms with Crippen molar-refractivity contribution in [3.63, 3.8) is 0 Å². The van der Waals surface area contributed by atoms with Gasteiger partial charge in [0.25, 0.3) is 0 Å². The Morgan fingerprint density at radius 2 is 0.529 bits per heavy atom. The van der Waals surface area contributed by atoms with E-state index < -0.39 is 54.8 Å². The number of pyridine rings is 1. The van der Waals surface area contributed by atoms with Crippen molar-refractivity contribution in [2.24, 2.45) is 0 Å². The molecular formula is C62H48N6. The smallest absolute Gasteiger partial charge is 0.166 e. The van der Waals surface area contributed by atoms with E-state index in [0.29, 0.717) is 0 Å². The van der Waals surface area contributed by atoms with E-state index in [1.165, 1.54) is 146 Å². The van der Waals surface area contributed by atoms with Gasteiger partial charge >= 0.3 is 0 Å². The Morgan fingerprint density at radius 3 is 0.721 bits per heavy atom. The summed E-state index contributed by atoms with van der Waals surface area (Å²) in [4.78, 5) is 5.75. The highest BCUT2D eigenvalue weighted by atomic mass is 15.2. The van der Waals surface area contributed by atoms with Crippen LogP contribution in [0.5, 0.6) is 0 Å². The van der Waals surface area contributed by atoms with Gasteiger partial charge in [-0.2, -0.15) is 5.26 Å². The third-order valence-electron chi connectivity index (χ3n) is 13.2. The Morgan fingerprint density at radius 1 is 0.324 bits per heavy atom. The minimum Gasteiger partial charge on any atom is -0.305 e. The van der Waals surface area contributed by atoms with Crippen LogP contribution in [-0.4, -0.2) is 23.3 Å². The first kappa shape index (κ1) is 22.4. The van der Waals surface area contributed by atoms with E-state index >= 15 is 0 Å². The summed E-state index contributed by atoms with van der Waals surface area (Å²) in [6, 6.07) is 36.5. The topological polar surface area (TPSA) is 56.4 Å². The molecule has 6 heteroatoms. The van der Waals surface area contributed by atoms with Crippen LogP contribution < -0.4 is 0 Å². The van der Waals surface area contributed by atoms with Gasteiger partial charge in [-0.1, -0.05) is 93.0 Å². The zero-order valence-corrected chi connectivity index (χ0v) is 35.5. The summed E-state index contributed by atoms with van der Waals surface area (Å²) < 4.78 is 211. The van der Waals surface area contributed by atoms with Crippen LogP contribution in [0.15, 0.2) is 146 Å². The lowest BCUT2D eigenvalue weighted by molar-refractivity contribution is 0.952. The zero-order valence-electron chi connectivity index (χ0n) is 59.5. The van der Waals surface area contributed by atoms with Gasteiger partial charge in [0.1, 0.15) is 23.0 Å². The fraction of sp³-hybridized carbons (Fsp3) is 0.129. The minimum absolute atomic E-state index is 0.114. The number of nitriles is 1. The molecule has 0 radical (unpaired) electrons. The average molecular weight is 901 g/mol. The van der Waals surface area contributed by atoms with Gasteiger partial charge in [0.15, 0.2) is 11.6 Å². The predicted molar refractivity (Wildman–Crippen MR) is 284 cm³/mol. The van der Waals surface area contributed by atoms with E-state index in [2.05, 4.69) is 6.07 Å². The highest BCUT2D eigenvalue weighted by Gasteiger charge is 2.32. The third kappa shape index (κ3) is 5.60. The fourth-order valence-corrected chi connectivity index (χ4v) is 10.4. The first-order valence-electron chi connectivity index (χ1n) is 33.5. The molecule has 0 amide bonds. The second-order valence-corrected chi connectivity index (χ2v) is 17.1. The van der Waals surface area contributed by atoms with Crippen LogP contribution in [0.4, 0.5) is 0 Å². The summed E-state index contributed by atoms with van der Waals surface area (Å²) >= 11 is 0. The molecule has 0 bridgehead atoms. The van der Waals surface area contributed by atoms with Crippen molar-refractivity contribution >= 4 is 87.2 Å². The number of aryl methyl sites for hydroxylation is 8. The second-order valence-electron chi connectivity index (χ2n) is 17.1. The van der Waals surface area contributed by atoms with Crippen molar-refractivity contribution in [3.8, 4) is 29.1 Å². The van der Waals surface area contributed by atoms with Gasteiger partial charge in [0.2, 0.25) is 0 Å². The van der Waals surface area contributed by atoms with E-state index in [-0.39, 0.29) is 160 Å². The van der Waals surface area contributed by atoms with E-state index in [1.807, 2.05) is 0 Å². The number of nitrogens with zero attached hydrogens (tertiary/aromatic N) is 6. The molecular weight excluding hydrogens is 829 g/mol. The molecule has 0 saturated heterocycles. The Bertz CT molecular complexity index is 4750. The number of fused-ring (bicyclic) bond motifs is 12. The maximum absolute atomic E-state index is 12.7. The van der Waals surface area contributed by atoms with Crippen LogP contribution in [0.2, 0.25) is 0 Å². The number of hydrogen-bond donors (Lipinski definition) is 0. The van der Waals surface area contributed by atoms with E-state index in [4.69, 9.17) is 37.9 Å². The van der Waals surface area contributed by atoms with Gasteiger partial charge < -0.3 is 9.13 Å². The highest BCUT2D eigenvalue weighted by Crippen LogP contribution is 2.46. The first-order valence-corrected chi connectivity index (χ1v) is 21.5. The van der Waals surface area contributed by atoms with Gasteiger partial charge in [-0.25, -0.2) is 4.98 Å². The van der Waals surface area contributed by atoms with Gasteiger partial charge in [0, 0.05) is 76.0 Å². The molecule has 5 heterocycles. The Balaban J connectivity index is 1.35. The van der Waals surface area contributed by atoms with E-state index in [9.17, 15) is 5.26 Å². The predicted octanol–water partition coefficient (Wildman–Crippen LogP) is 15.8. The molecule has 0 N–H and O–H groups in total. The van der Waals surface area contributed by atoms with Crippen LogP contribution >= 0.6 is 0 Å². The molecule has 8 aromatic carbocycles. The lowest BCUT2D eigenvalue weighted by Gasteiger charge is -2.24. The molecule has 0 unspecified atom stereocenters. The molecule has 5 aromatic heterocycles. The van der Waals surface area contributed by atoms with Crippen LogP contribution in [0.3, 0.4) is 0 Å². The van der Waals surface area contributed by atoms with Crippen molar-refractivity contribution in [1.82, 2.24) is 23.3 Å². The van der Waals surface area contributed by atoms with Crippen molar-refractivity contribution in [2.75, 3.05) is 0 Å². The van der Waals surface area contributed by atoms with Crippen LogP contribution in [-0.2, 0) is 0 Å². The fourth-order valence-electron chi connectivity index (χ4n) is 10.4. The van der Waals surface area contributed by atoms with Gasteiger partial charge in [-0.3, -0.25) is 9.13 Å². The van der Waals surface area contributed by atoms with Gasteiger partial charge in [0.05, 0.1) is 44.1 Å². The molecule has 0 spiro atoms. The Labute approximate surface area is 427 Å². The molecule has 0 aliphatic heterocycles. The van der Waals surface area contributed by atoms with Gasteiger partial charge in [-0.15, -0.1) is 0 Å². The summed E-state index contributed by atoms with van der Waals surface area (Å²) in [5, 5.41) is 14.4. The number of hydrogen-bond acceptors (Lipinski definition) is 2. The molecule has 326 valence electrons. The maximum Gasteiger partial charge on any atom is 0.166 e. The SMILES string of the molecule is [2H]C([2H])([2H])c1ccc2c(c1)c1cc(C([2H])([2H])[2H])ccc1n2-c1nc(-n2c3ccc(C([2H])([2H])[2H])cc3c3cc(C([2H])([2H])[2H])ccc32)c(-n2c3ccc(C([2H])([2H])[2H])cc3c3cc(C([2H])([2H])[2H])ccc32)c(C#N)c1-n1c2ccc(C([2H])([2H])[2H])cc2c2cc(C([2H])([2H])[2H])ccc21. The zero-order chi connectivity index (χ0) is 66.4. The molecule has 0 atom stereocenters. The van der Waals surface area contributed by atoms with Gasteiger partial charge in [-0.05, 0) is 152 Å². The first-order chi connectivity index (χ1) is 42.6. The Hall–Kier alpha value is -8.40. The normalized spacial score (nSPS) is 18.8. The standard InChI is InChI=1S/C62H48N6/c1-34-9-17-51-42(25-34)43-26-35(2)10-18-52(43)65(51)59-50(33-63)60(66-53-19-11-36(3)27-44(53)45-28-37(4)12-20-54(45)66)62(68-57-23-15-40(7)31-48(57)49-32-41(8)16-24-58(49)68)64-61(59)67-55-21-13-38(5)29-46(55)47-30-39(6)14-22-56(47)67/h9-32H,1-8H3/i1D3,2D3,3D3,4D3,5D3,6D3,7D3,8D3. The monoisotopic (exact) mass is 901 g/mol. The lowest BCUT2D eigenvalue weighted by atomic mass is 10.1. The molecule has 0 aliphatic carbocycles. The maximum atomic E-state index is 12.7. The summed E-state index contributed by atoms with van der Waals surface area (Å²) in [6.45, 7) is -21.6. The van der Waals surface area contributed by atoms with Crippen LogP contribution in [0.25, 0.3) is 110 Å². The molecule has 6 nitrogen and oxygen atoms in total. The summed E-state index contributed by atoms with van der Waals surface area (Å²) in [5.74, 6) is -0.323. The largest absolute Gasteiger partial charge is 0.305 e. The van der Waals surface area contributed by atoms with Crippen LogP contribution in [0.1, 0.15) is 83.0 Å². The molecule has 13 rings (SSSR count). The Kier molecular flexibility index (Phi) is 4.71. The summed E-state index contributed by atoms with van der Waals surface area (Å²) in [7, 11) is 0. The van der Waals surface area contributed by atoms with Crippen LogP contribution in [0, 0.1) is 66.1 Å². The van der Waals surface area contributed by atoms with Crippen molar-refractivity contribution in [3.05, 3.63) is 196 Å². The number of aromatic nitrogens is 5. The average Bonchev–Trinajstić information content (AvgIpc) is 1.49. The molecule has 0 saturated carbocycles. The molecule has 68 heavy (non-hydrogen) atoms. The minimum atomic E-state index is -2.71. The second kappa shape index (κ2) is 14.3. The number of rotatable bonds is 4. The number of benzene rings is 8. The van der Waals surface area contributed by atoms with E-state index in [1.54, 1.807) is 18.3 Å². The van der Waals surface area contributed by atoms with Crippen molar-refractivity contribution in [1.29, 1.82) is 5.26 Å². The third-order valence-corrected chi connectivity index (χ3v) is 13.2. The molecule has 13 aromatic rings. The molecule has 0 fully saturated rings. The van der Waals surface area contributed by atoms with Crippen molar-refractivity contribution < 1.29 is 32.9 Å². The summed E-state index contributed by atoms with van der Waals surface area (Å²) in [5.41, 5.74) is 0.0445. The highest BCUT2D eigenvalue weighted by molar-refractivity contribution is 6.15. The quantitative estimate of drug-likeness (QED) is 0.177. The summed E-state index contributed by atoms with van der Waals surface area (Å²) in [6.07, 6.45) is 0. The molecule has 0 aliphatic rings. The van der Waals surface area contributed by atoms with E-state index in [0.717, 1.165) is 0 Å². The lowest BCUT2D eigenvalue weighted by Crippen LogP contribution is -2.16. The van der Waals surface area contributed by atoms with Crippen molar-refractivity contribution in [2.45, 2.75) is 54.8 Å².